The number of hydrogen-bond donors (Lipinski definition) is 0. The summed E-state index contributed by atoms with van der Waals surface area (Å²) in [7, 11) is 0. The molecular weight excluding hydrogens is 172 g/mol. The zero-order valence-electron chi connectivity index (χ0n) is 8.06. The predicted molar refractivity (Wildman–Crippen MR) is 54.3 cm³/mol. The fraction of sp³-hybridized carbons (Fsp3) is 0.250. The summed E-state index contributed by atoms with van der Waals surface area (Å²) < 4.78 is 4.54. The third-order valence-corrected chi connectivity index (χ3v) is 2.81. The second-order valence-electron chi connectivity index (χ2n) is 3.78. The Morgan fingerprint density at radius 3 is 2.79 bits per heavy atom. The maximum atomic E-state index is 2.34. The molecule has 14 heavy (non-hydrogen) atoms. The molecule has 2 aromatic rings. The molecule has 2 nitrogen and oxygen atoms in total. The Morgan fingerprint density at radius 2 is 2.00 bits per heavy atom. The molecule has 70 valence electrons. The minimum absolute atomic E-state index is 1.18. The van der Waals surface area contributed by atoms with Gasteiger partial charge in [-0.3, -0.25) is 0 Å². The van der Waals surface area contributed by atoms with E-state index in [1.807, 2.05) is 6.07 Å². The number of hydrogen-bond acceptors (Lipinski definition) is 0. The molecule has 0 saturated heterocycles. The van der Waals surface area contributed by atoms with Crippen molar-refractivity contribution in [2.45, 2.75) is 19.4 Å². The van der Waals surface area contributed by atoms with Gasteiger partial charge < -0.3 is 0 Å². The molecule has 0 fully saturated rings. The maximum absolute atomic E-state index is 2.34. The number of benzene rings is 1. The van der Waals surface area contributed by atoms with Crippen LogP contribution in [-0.2, 0) is 13.0 Å². The number of imidazole rings is 1. The number of aryl methyl sites for hydroxylation is 2. The molecule has 0 radical (unpaired) electrons. The van der Waals surface area contributed by atoms with E-state index in [1.54, 1.807) is 0 Å². The first kappa shape index (κ1) is 7.80. The van der Waals surface area contributed by atoms with Crippen LogP contribution in [0, 0.1) is 0 Å². The highest BCUT2D eigenvalue weighted by molar-refractivity contribution is 5.21. The van der Waals surface area contributed by atoms with Gasteiger partial charge in [-0.15, -0.1) is 0 Å². The Hall–Kier alpha value is -1.57. The van der Waals surface area contributed by atoms with E-state index in [1.165, 1.54) is 30.8 Å². The molecule has 1 aromatic carbocycles. The molecular formula is C12H13N2+. The summed E-state index contributed by atoms with van der Waals surface area (Å²) in [6.07, 6.45) is 6.95. The molecule has 0 amide bonds. The van der Waals surface area contributed by atoms with Gasteiger partial charge in [-0.05, 0) is 18.6 Å². The quantitative estimate of drug-likeness (QED) is 0.598. The first-order valence-corrected chi connectivity index (χ1v) is 5.09. The summed E-state index contributed by atoms with van der Waals surface area (Å²) in [5.74, 6) is 0. The van der Waals surface area contributed by atoms with E-state index in [0.717, 1.165) is 0 Å². The van der Waals surface area contributed by atoms with Gasteiger partial charge in [-0.2, -0.15) is 0 Å². The van der Waals surface area contributed by atoms with Crippen molar-refractivity contribution in [1.82, 2.24) is 4.57 Å². The molecule has 1 aliphatic heterocycles. The Bertz CT molecular complexity index is 421. The monoisotopic (exact) mass is 185 g/mol. The first-order valence-electron chi connectivity index (χ1n) is 5.09. The summed E-state index contributed by atoms with van der Waals surface area (Å²) in [6, 6.07) is 10.5. The van der Waals surface area contributed by atoms with Crippen LogP contribution in [0.1, 0.15) is 12.1 Å². The SMILES string of the molecule is c1ccc(-[n+]2cc3n(c2)CCC3)cc1. The van der Waals surface area contributed by atoms with Gasteiger partial charge in [-0.25, -0.2) is 9.13 Å². The standard InChI is InChI=1S/C12H13N2/c1-2-5-11(6-3-1)14-9-12-7-4-8-13(12)10-14/h1-3,5-6,9-10H,4,7-8H2/q+1. The van der Waals surface area contributed by atoms with Crippen LogP contribution in [0.15, 0.2) is 42.9 Å². The minimum Gasteiger partial charge on any atom is -0.234 e. The molecule has 0 saturated carbocycles. The number of rotatable bonds is 1. The number of aromatic nitrogens is 2. The van der Waals surface area contributed by atoms with Crippen molar-refractivity contribution in [3.05, 3.63) is 48.5 Å². The minimum atomic E-state index is 1.18. The van der Waals surface area contributed by atoms with Crippen molar-refractivity contribution >= 4 is 0 Å². The van der Waals surface area contributed by atoms with Gasteiger partial charge >= 0.3 is 0 Å². The fourth-order valence-electron chi connectivity index (χ4n) is 2.07. The molecule has 1 aliphatic rings. The van der Waals surface area contributed by atoms with Crippen LogP contribution < -0.4 is 4.57 Å². The summed E-state index contributed by atoms with van der Waals surface area (Å²) >= 11 is 0. The highest BCUT2D eigenvalue weighted by atomic mass is 15.1. The zero-order chi connectivity index (χ0) is 9.38. The average molecular weight is 185 g/mol. The smallest absolute Gasteiger partial charge is 0.234 e. The molecule has 0 bridgehead atoms. The third-order valence-electron chi connectivity index (χ3n) is 2.81. The van der Waals surface area contributed by atoms with Gasteiger partial charge in [0, 0.05) is 6.42 Å². The van der Waals surface area contributed by atoms with Crippen LogP contribution in [0.5, 0.6) is 0 Å². The van der Waals surface area contributed by atoms with Crippen molar-refractivity contribution < 1.29 is 4.57 Å². The largest absolute Gasteiger partial charge is 0.249 e. The van der Waals surface area contributed by atoms with Crippen molar-refractivity contribution in [3.63, 3.8) is 0 Å². The highest BCUT2D eigenvalue weighted by Crippen LogP contribution is 2.12. The molecule has 0 atom stereocenters. The van der Waals surface area contributed by atoms with Gasteiger partial charge in [0.05, 0.1) is 6.54 Å². The lowest BCUT2D eigenvalue weighted by Crippen LogP contribution is -2.27. The molecule has 3 rings (SSSR count). The van der Waals surface area contributed by atoms with Gasteiger partial charge in [-0.1, -0.05) is 18.2 Å². The van der Waals surface area contributed by atoms with Gasteiger partial charge in [0.15, 0.2) is 0 Å². The Labute approximate surface area is 83.4 Å². The topological polar surface area (TPSA) is 8.81 Å². The molecule has 0 unspecified atom stereocenters. The summed E-state index contributed by atoms with van der Waals surface area (Å²) in [6.45, 7) is 1.18. The summed E-state index contributed by atoms with van der Waals surface area (Å²) in [5, 5.41) is 0. The van der Waals surface area contributed by atoms with Crippen LogP contribution in [-0.4, -0.2) is 4.57 Å². The van der Waals surface area contributed by atoms with E-state index in [2.05, 4.69) is 45.9 Å². The van der Waals surface area contributed by atoms with Crippen LogP contribution in [0.3, 0.4) is 0 Å². The maximum Gasteiger partial charge on any atom is 0.249 e. The lowest BCUT2D eigenvalue weighted by atomic mass is 10.3. The van der Waals surface area contributed by atoms with E-state index in [9.17, 15) is 0 Å². The second kappa shape index (κ2) is 2.98. The second-order valence-corrected chi connectivity index (χ2v) is 3.78. The van der Waals surface area contributed by atoms with Gasteiger partial charge in [0.25, 0.3) is 0 Å². The van der Waals surface area contributed by atoms with E-state index < -0.39 is 0 Å². The van der Waals surface area contributed by atoms with Crippen LogP contribution in [0.4, 0.5) is 0 Å². The van der Waals surface area contributed by atoms with Gasteiger partial charge in [0.2, 0.25) is 6.33 Å². The van der Waals surface area contributed by atoms with Crippen molar-refractivity contribution in [2.75, 3.05) is 0 Å². The Balaban J connectivity index is 2.06. The fourth-order valence-corrected chi connectivity index (χ4v) is 2.07. The molecule has 1 aromatic heterocycles. The molecule has 0 N–H and O–H groups in total. The molecule has 2 heterocycles. The summed E-state index contributed by atoms with van der Waals surface area (Å²) in [5.41, 5.74) is 2.70. The van der Waals surface area contributed by atoms with Crippen LogP contribution >= 0.6 is 0 Å². The van der Waals surface area contributed by atoms with E-state index in [4.69, 9.17) is 0 Å². The molecule has 2 heteroatoms. The molecule has 0 spiro atoms. The third kappa shape index (κ3) is 1.15. The zero-order valence-corrected chi connectivity index (χ0v) is 8.06. The number of fused-ring (bicyclic) bond motifs is 1. The van der Waals surface area contributed by atoms with E-state index in [-0.39, 0.29) is 0 Å². The van der Waals surface area contributed by atoms with Crippen LogP contribution in [0.2, 0.25) is 0 Å². The van der Waals surface area contributed by atoms with Gasteiger partial charge in [0.1, 0.15) is 17.6 Å². The normalized spacial score (nSPS) is 14.3. The van der Waals surface area contributed by atoms with Crippen molar-refractivity contribution in [3.8, 4) is 5.69 Å². The van der Waals surface area contributed by atoms with E-state index in [0.29, 0.717) is 0 Å². The van der Waals surface area contributed by atoms with Crippen molar-refractivity contribution in [1.29, 1.82) is 0 Å². The number of nitrogens with zero attached hydrogens (tertiary/aromatic N) is 2. The van der Waals surface area contributed by atoms with Crippen molar-refractivity contribution in [2.24, 2.45) is 0 Å². The number of para-hydroxylation sites is 1. The first-order chi connectivity index (χ1) is 6.93. The Kier molecular flexibility index (Phi) is 1.66. The summed E-state index contributed by atoms with van der Waals surface area (Å²) in [4.78, 5) is 0. The lowest BCUT2D eigenvalue weighted by Gasteiger charge is -1.93. The lowest BCUT2D eigenvalue weighted by molar-refractivity contribution is -0.595. The highest BCUT2D eigenvalue weighted by Gasteiger charge is 2.19. The predicted octanol–water partition coefficient (Wildman–Crippen LogP) is 1.71. The van der Waals surface area contributed by atoms with E-state index >= 15 is 0 Å². The molecule has 0 aliphatic carbocycles. The van der Waals surface area contributed by atoms with Crippen LogP contribution in [0.25, 0.3) is 5.69 Å². The average Bonchev–Trinajstić information content (AvgIpc) is 2.78. The Morgan fingerprint density at radius 1 is 1.14 bits per heavy atom.